The van der Waals surface area contributed by atoms with Gasteiger partial charge in [0, 0.05) is 65.9 Å². The van der Waals surface area contributed by atoms with E-state index in [-0.39, 0.29) is 23.7 Å². The molecule has 2 saturated carbocycles. The van der Waals surface area contributed by atoms with Crippen LogP contribution in [0.25, 0.3) is 55.7 Å². The summed E-state index contributed by atoms with van der Waals surface area (Å²) in [6.07, 6.45) is 4.44. The first-order valence-electron chi connectivity index (χ1n) is 16.5. The van der Waals surface area contributed by atoms with Gasteiger partial charge in [-0.3, -0.25) is 9.78 Å². The zero-order valence-electron chi connectivity index (χ0n) is 26.8. The fourth-order valence-electron chi connectivity index (χ4n) is 7.98. The molecular formula is C37H37N7O3. The number of carbonyl (C=O) groups excluding carboxylic acids is 1. The van der Waals surface area contributed by atoms with Crippen molar-refractivity contribution in [1.29, 1.82) is 0 Å². The lowest BCUT2D eigenvalue weighted by atomic mass is 10.1. The van der Waals surface area contributed by atoms with E-state index in [1.807, 2.05) is 55.3 Å². The lowest BCUT2D eigenvalue weighted by molar-refractivity contribution is 0.0700. The Kier molecular flexibility index (Phi) is 6.18. The number of imidazole rings is 1. The number of aryl methyl sites for hydroxylation is 2. The quantitative estimate of drug-likeness (QED) is 0.239. The highest BCUT2D eigenvalue weighted by molar-refractivity contribution is 6.00. The van der Waals surface area contributed by atoms with Gasteiger partial charge in [-0.2, -0.15) is 0 Å². The molecule has 47 heavy (non-hydrogen) atoms. The minimum Gasteiger partial charge on any atom is -0.507 e. The molecule has 0 spiro atoms. The molecular weight excluding hydrogens is 590 g/mol. The predicted molar refractivity (Wildman–Crippen MR) is 181 cm³/mol. The van der Waals surface area contributed by atoms with E-state index in [1.54, 1.807) is 13.2 Å². The van der Waals surface area contributed by atoms with Crippen LogP contribution in [-0.4, -0.2) is 65.7 Å². The molecule has 6 aromatic rings. The number of nitrogens with zero attached hydrogens (tertiary/aromatic N) is 6. The molecule has 2 aromatic carbocycles. The van der Waals surface area contributed by atoms with E-state index in [9.17, 15) is 9.90 Å². The normalized spacial score (nSPS) is 20.7. The summed E-state index contributed by atoms with van der Waals surface area (Å²) in [6.45, 7) is 3.44. The van der Waals surface area contributed by atoms with Crippen LogP contribution in [0.1, 0.15) is 41.7 Å². The SMILES string of the molecule is COc1cc(C(=O)N2CC3CCC2[C@@H]3N)cc2nc(-c3cc4ccc(-c5ccc6nc(C)cc(O)c6c5)nc4n3CC3CC3)n(C)c12. The van der Waals surface area contributed by atoms with E-state index in [1.165, 1.54) is 12.8 Å². The number of ether oxygens (including phenoxy) is 1. The predicted octanol–water partition coefficient (Wildman–Crippen LogP) is 5.80. The van der Waals surface area contributed by atoms with Gasteiger partial charge < -0.3 is 29.6 Å². The summed E-state index contributed by atoms with van der Waals surface area (Å²) in [6, 6.07) is 17.8. The molecule has 3 atom stereocenters. The summed E-state index contributed by atoms with van der Waals surface area (Å²) >= 11 is 0. The van der Waals surface area contributed by atoms with Crippen molar-refractivity contribution in [2.24, 2.45) is 24.6 Å². The molecule has 5 heterocycles. The van der Waals surface area contributed by atoms with Gasteiger partial charge in [-0.1, -0.05) is 6.07 Å². The first-order valence-corrected chi connectivity index (χ1v) is 16.5. The number of aromatic nitrogens is 5. The van der Waals surface area contributed by atoms with Crippen LogP contribution in [0.5, 0.6) is 11.5 Å². The number of rotatable bonds is 6. The number of benzene rings is 2. The van der Waals surface area contributed by atoms with Crippen molar-refractivity contribution in [1.82, 2.24) is 29.0 Å². The molecule has 4 aromatic heterocycles. The second kappa shape index (κ2) is 10.3. The molecule has 1 aliphatic heterocycles. The van der Waals surface area contributed by atoms with Crippen molar-refractivity contribution in [3.8, 4) is 34.3 Å². The van der Waals surface area contributed by atoms with Gasteiger partial charge in [0.1, 0.15) is 22.7 Å². The third-order valence-corrected chi connectivity index (χ3v) is 10.6. The van der Waals surface area contributed by atoms with Gasteiger partial charge >= 0.3 is 0 Å². The molecule has 2 unspecified atom stereocenters. The Balaban J connectivity index is 1.15. The molecule has 3 fully saturated rings. The van der Waals surface area contributed by atoms with Crippen molar-refractivity contribution in [2.45, 2.75) is 51.2 Å². The number of aromatic hydroxyl groups is 1. The summed E-state index contributed by atoms with van der Waals surface area (Å²) in [5, 5.41) is 12.4. The molecule has 10 heteroatoms. The molecule has 2 bridgehead atoms. The zero-order chi connectivity index (χ0) is 32.1. The smallest absolute Gasteiger partial charge is 0.254 e. The average molecular weight is 628 g/mol. The maximum absolute atomic E-state index is 13.8. The number of hydrogen-bond donors (Lipinski definition) is 2. The highest BCUT2D eigenvalue weighted by Crippen LogP contribution is 2.40. The fourth-order valence-corrected chi connectivity index (χ4v) is 7.98. The van der Waals surface area contributed by atoms with Crippen molar-refractivity contribution >= 4 is 38.9 Å². The van der Waals surface area contributed by atoms with E-state index in [2.05, 4.69) is 26.3 Å². The Bertz CT molecular complexity index is 2270. The molecule has 238 valence electrons. The minimum atomic E-state index is -0.00689. The van der Waals surface area contributed by atoms with Crippen molar-refractivity contribution < 1.29 is 14.6 Å². The Morgan fingerprint density at radius 3 is 2.60 bits per heavy atom. The molecule has 9 rings (SSSR count). The van der Waals surface area contributed by atoms with Gasteiger partial charge in [0.05, 0.1) is 29.5 Å². The number of likely N-dealkylation sites (tertiary alicyclic amines) is 1. The van der Waals surface area contributed by atoms with Crippen LogP contribution >= 0.6 is 0 Å². The Morgan fingerprint density at radius 1 is 1.00 bits per heavy atom. The number of methoxy groups -OCH3 is 1. The molecule has 1 amide bonds. The number of hydrogen-bond acceptors (Lipinski definition) is 7. The summed E-state index contributed by atoms with van der Waals surface area (Å²) < 4.78 is 10.2. The van der Waals surface area contributed by atoms with E-state index in [0.29, 0.717) is 35.1 Å². The first kappa shape index (κ1) is 28.3. The van der Waals surface area contributed by atoms with Gasteiger partial charge in [-0.15, -0.1) is 0 Å². The Morgan fingerprint density at radius 2 is 1.85 bits per heavy atom. The fraction of sp³-hybridized carbons (Fsp3) is 0.351. The van der Waals surface area contributed by atoms with Crippen molar-refractivity contribution in [3.05, 3.63) is 65.9 Å². The maximum Gasteiger partial charge on any atom is 0.254 e. The number of fused-ring (bicyclic) bond motifs is 5. The van der Waals surface area contributed by atoms with Crippen LogP contribution in [0.4, 0.5) is 0 Å². The second-order valence-corrected chi connectivity index (χ2v) is 13.7. The van der Waals surface area contributed by atoms with Crippen LogP contribution in [0.2, 0.25) is 0 Å². The van der Waals surface area contributed by atoms with Crippen LogP contribution in [0.3, 0.4) is 0 Å². The Hall–Kier alpha value is -4.96. The van der Waals surface area contributed by atoms with Gasteiger partial charge in [0.2, 0.25) is 0 Å². The number of nitrogens with two attached hydrogens (primary N) is 1. The lowest BCUT2D eigenvalue weighted by Gasteiger charge is -2.27. The number of amides is 1. The zero-order valence-corrected chi connectivity index (χ0v) is 26.8. The van der Waals surface area contributed by atoms with E-state index < -0.39 is 0 Å². The summed E-state index contributed by atoms with van der Waals surface area (Å²) in [4.78, 5) is 30.6. The highest BCUT2D eigenvalue weighted by atomic mass is 16.5. The van der Waals surface area contributed by atoms with Crippen molar-refractivity contribution in [3.63, 3.8) is 0 Å². The summed E-state index contributed by atoms with van der Waals surface area (Å²) in [5.74, 6) is 2.60. The van der Waals surface area contributed by atoms with E-state index >= 15 is 0 Å². The third kappa shape index (κ3) is 4.41. The molecule has 2 aliphatic carbocycles. The van der Waals surface area contributed by atoms with Crippen LogP contribution in [0.15, 0.2) is 54.6 Å². The number of piperidine rings is 1. The van der Waals surface area contributed by atoms with E-state index in [4.69, 9.17) is 20.4 Å². The third-order valence-electron chi connectivity index (χ3n) is 10.6. The van der Waals surface area contributed by atoms with Gasteiger partial charge in [0.25, 0.3) is 5.91 Å². The molecule has 0 radical (unpaired) electrons. The lowest BCUT2D eigenvalue weighted by Crippen LogP contribution is -2.41. The van der Waals surface area contributed by atoms with Crippen LogP contribution < -0.4 is 10.5 Å². The van der Waals surface area contributed by atoms with E-state index in [0.717, 1.165) is 75.4 Å². The minimum absolute atomic E-state index is 0.00689. The van der Waals surface area contributed by atoms with Crippen LogP contribution in [0, 0.1) is 18.8 Å². The summed E-state index contributed by atoms with van der Waals surface area (Å²) in [5.41, 5.74) is 13.7. The van der Waals surface area contributed by atoms with Crippen molar-refractivity contribution in [2.75, 3.05) is 13.7 Å². The molecule has 1 saturated heterocycles. The second-order valence-electron chi connectivity index (χ2n) is 13.7. The standard InChI is InChI=1S/C37H37N7O3/c1-19-12-31(45)25-13-21(6-10-27(25)39-19)26-9-7-22-15-30(43(35(22)40-26)17-20-4-5-20)36-41-28-14-24(16-32(47-3)34(28)42(36)2)37(46)44-18-23-8-11-29(44)33(23)38/h6-7,9-10,12-16,20,23,29,33H,4-5,8,11,17-18,38H2,1-3H3,(H,39,45)/t23?,29?,33-/m1/s1. The van der Waals surface area contributed by atoms with Crippen LogP contribution in [-0.2, 0) is 13.6 Å². The summed E-state index contributed by atoms with van der Waals surface area (Å²) in [7, 11) is 3.64. The topological polar surface area (TPSA) is 124 Å². The van der Waals surface area contributed by atoms with Gasteiger partial charge in [0.15, 0.2) is 5.82 Å². The molecule has 10 nitrogen and oxygen atoms in total. The molecule has 3 N–H and O–H groups in total. The van der Waals surface area contributed by atoms with Gasteiger partial charge in [-0.05, 0) is 86.9 Å². The highest BCUT2D eigenvalue weighted by Gasteiger charge is 2.47. The first-order chi connectivity index (χ1) is 22.8. The average Bonchev–Trinajstić information content (AvgIpc) is 3.47. The Labute approximate surface area is 271 Å². The maximum atomic E-state index is 13.8. The monoisotopic (exact) mass is 627 g/mol. The number of pyridine rings is 2. The largest absolute Gasteiger partial charge is 0.507 e. The molecule has 3 aliphatic rings. The van der Waals surface area contributed by atoms with Gasteiger partial charge in [-0.25, -0.2) is 9.97 Å². The number of carbonyl (C=O) groups is 1.